The molecule has 0 atom stereocenters. The van der Waals surface area contributed by atoms with Crippen LogP contribution in [0.1, 0.15) is 11.5 Å². The molecule has 20 heavy (non-hydrogen) atoms. The molecule has 0 aliphatic rings. The van der Waals surface area contributed by atoms with E-state index in [-0.39, 0.29) is 18.2 Å². The predicted octanol–water partition coefficient (Wildman–Crippen LogP) is 2.22. The lowest BCUT2D eigenvalue weighted by Gasteiger charge is -2.08. The van der Waals surface area contributed by atoms with Crippen molar-refractivity contribution in [1.82, 2.24) is 10.2 Å². The molecule has 106 valence electrons. The van der Waals surface area contributed by atoms with Gasteiger partial charge in [0.15, 0.2) is 0 Å². The number of aromatic nitrogens is 2. The number of benzene rings is 1. The number of carbonyl (C=O) groups is 1. The van der Waals surface area contributed by atoms with Gasteiger partial charge in [0.2, 0.25) is 11.8 Å². The Labute approximate surface area is 125 Å². The number of nitrogens with one attached hydrogen (secondary N) is 1. The zero-order chi connectivity index (χ0) is 14.5. The smallest absolute Gasteiger partial charge is 0.277 e. The van der Waals surface area contributed by atoms with Crippen LogP contribution in [-0.4, -0.2) is 21.9 Å². The summed E-state index contributed by atoms with van der Waals surface area (Å²) in [6, 6.07) is 5.35. The summed E-state index contributed by atoms with van der Waals surface area (Å²) in [4.78, 5) is 11.8. The highest BCUT2D eigenvalue weighted by molar-refractivity contribution is 7.99. The van der Waals surface area contributed by atoms with E-state index < -0.39 is 0 Å². The Balaban J connectivity index is 1.91. The minimum absolute atomic E-state index is 0.165. The summed E-state index contributed by atoms with van der Waals surface area (Å²) in [6.07, 6.45) is 0. The van der Waals surface area contributed by atoms with Crippen molar-refractivity contribution in [2.24, 2.45) is 5.73 Å². The van der Waals surface area contributed by atoms with Crippen LogP contribution in [0.5, 0.6) is 0 Å². The number of amides is 1. The van der Waals surface area contributed by atoms with E-state index in [9.17, 15) is 4.79 Å². The molecule has 0 spiro atoms. The Morgan fingerprint density at radius 1 is 1.50 bits per heavy atom. The summed E-state index contributed by atoms with van der Waals surface area (Å²) in [5.41, 5.74) is 6.88. The maximum absolute atomic E-state index is 11.8. The number of hydrogen-bond donors (Lipinski definition) is 2. The van der Waals surface area contributed by atoms with Gasteiger partial charge < -0.3 is 15.5 Å². The lowest BCUT2D eigenvalue weighted by Crippen LogP contribution is -2.14. The number of rotatable bonds is 5. The van der Waals surface area contributed by atoms with Crippen LogP contribution in [0.25, 0.3) is 0 Å². The minimum atomic E-state index is -0.173. The van der Waals surface area contributed by atoms with E-state index >= 15 is 0 Å². The van der Waals surface area contributed by atoms with Crippen LogP contribution in [0.15, 0.2) is 27.8 Å². The van der Waals surface area contributed by atoms with E-state index in [4.69, 9.17) is 21.8 Å². The van der Waals surface area contributed by atoms with Crippen LogP contribution in [0.4, 0.5) is 5.69 Å². The SMILES string of the molecule is Cc1c(Cl)cccc1NC(=O)CSc1nnc(CN)o1. The van der Waals surface area contributed by atoms with Crippen molar-refractivity contribution >= 4 is 35.0 Å². The topological polar surface area (TPSA) is 94.0 Å². The largest absolute Gasteiger partial charge is 0.415 e. The summed E-state index contributed by atoms with van der Waals surface area (Å²) in [7, 11) is 0. The highest BCUT2D eigenvalue weighted by atomic mass is 35.5. The van der Waals surface area contributed by atoms with E-state index in [1.54, 1.807) is 18.2 Å². The molecule has 3 N–H and O–H groups in total. The molecular formula is C12H13ClN4O2S. The van der Waals surface area contributed by atoms with Crippen LogP contribution in [0.3, 0.4) is 0 Å². The fourth-order valence-electron chi connectivity index (χ4n) is 1.44. The third-order valence-electron chi connectivity index (χ3n) is 2.49. The lowest BCUT2D eigenvalue weighted by atomic mass is 10.2. The Hall–Kier alpha value is -1.57. The summed E-state index contributed by atoms with van der Waals surface area (Å²) < 4.78 is 5.19. The second-order valence-electron chi connectivity index (χ2n) is 3.92. The monoisotopic (exact) mass is 312 g/mol. The van der Waals surface area contributed by atoms with Crippen molar-refractivity contribution in [2.75, 3.05) is 11.1 Å². The van der Waals surface area contributed by atoms with Gasteiger partial charge in [-0.1, -0.05) is 29.4 Å². The molecule has 0 saturated heterocycles. The second-order valence-corrected chi connectivity index (χ2v) is 5.25. The zero-order valence-corrected chi connectivity index (χ0v) is 12.3. The number of nitrogens with two attached hydrogens (primary N) is 1. The quantitative estimate of drug-likeness (QED) is 0.822. The maximum Gasteiger partial charge on any atom is 0.277 e. The Kier molecular flexibility index (Phi) is 4.99. The van der Waals surface area contributed by atoms with Gasteiger partial charge in [-0.2, -0.15) is 0 Å². The molecule has 0 fully saturated rings. The summed E-state index contributed by atoms with van der Waals surface area (Å²) in [6.45, 7) is 2.03. The van der Waals surface area contributed by atoms with E-state index in [2.05, 4.69) is 15.5 Å². The number of hydrogen-bond acceptors (Lipinski definition) is 6. The molecule has 2 rings (SSSR count). The van der Waals surface area contributed by atoms with Crippen molar-refractivity contribution in [1.29, 1.82) is 0 Å². The van der Waals surface area contributed by atoms with E-state index in [0.717, 1.165) is 17.3 Å². The molecule has 1 amide bonds. The van der Waals surface area contributed by atoms with Gasteiger partial charge in [-0.25, -0.2) is 0 Å². The Morgan fingerprint density at radius 3 is 3.00 bits per heavy atom. The van der Waals surface area contributed by atoms with Crippen molar-refractivity contribution in [2.45, 2.75) is 18.7 Å². The van der Waals surface area contributed by atoms with Gasteiger partial charge in [0.25, 0.3) is 5.22 Å². The number of anilines is 1. The predicted molar refractivity (Wildman–Crippen MR) is 77.7 cm³/mol. The lowest BCUT2D eigenvalue weighted by molar-refractivity contribution is -0.113. The average molecular weight is 313 g/mol. The zero-order valence-electron chi connectivity index (χ0n) is 10.7. The summed E-state index contributed by atoms with van der Waals surface area (Å²) in [5.74, 6) is 0.337. The standard InChI is InChI=1S/C12H13ClN4O2S/c1-7-8(13)3-2-4-9(7)15-10(18)6-20-12-17-16-11(5-14)19-12/h2-4H,5-6,14H2,1H3,(H,15,18). The molecule has 0 unspecified atom stereocenters. The molecule has 0 bridgehead atoms. The highest BCUT2D eigenvalue weighted by Gasteiger charge is 2.10. The molecular weight excluding hydrogens is 300 g/mol. The second kappa shape index (κ2) is 6.74. The fraction of sp³-hybridized carbons (Fsp3) is 0.250. The highest BCUT2D eigenvalue weighted by Crippen LogP contribution is 2.23. The molecule has 6 nitrogen and oxygen atoms in total. The fourth-order valence-corrected chi connectivity index (χ4v) is 2.19. The van der Waals surface area contributed by atoms with Crippen molar-refractivity contribution < 1.29 is 9.21 Å². The van der Waals surface area contributed by atoms with Gasteiger partial charge in [0, 0.05) is 10.7 Å². The Bertz CT molecular complexity index is 617. The molecule has 2 aromatic rings. The molecule has 8 heteroatoms. The van der Waals surface area contributed by atoms with Crippen LogP contribution in [0, 0.1) is 6.92 Å². The van der Waals surface area contributed by atoms with E-state index in [1.807, 2.05) is 6.92 Å². The third kappa shape index (κ3) is 3.72. The molecule has 0 aliphatic carbocycles. The van der Waals surface area contributed by atoms with Crippen molar-refractivity contribution in [3.8, 4) is 0 Å². The van der Waals surface area contributed by atoms with Gasteiger partial charge in [-0.15, -0.1) is 10.2 Å². The van der Waals surface area contributed by atoms with Crippen LogP contribution in [0.2, 0.25) is 5.02 Å². The van der Waals surface area contributed by atoms with E-state index in [0.29, 0.717) is 21.8 Å². The van der Waals surface area contributed by atoms with Crippen molar-refractivity contribution in [3.63, 3.8) is 0 Å². The maximum atomic E-state index is 11.8. The number of halogens is 1. The van der Waals surface area contributed by atoms with Crippen LogP contribution >= 0.6 is 23.4 Å². The summed E-state index contributed by atoms with van der Waals surface area (Å²) >= 11 is 7.14. The van der Waals surface area contributed by atoms with Crippen molar-refractivity contribution in [3.05, 3.63) is 34.7 Å². The van der Waals surface area contributed by atoms with Gasteiger partial charge in [-0.3, -0.25) is 4.79 Å². The first kappa shape index (κ1) is 14.8. The first-order chi connectivity index (χ1) is 9.60. The molecule has 1 heterocycles. The van der Waals surface area contributed by atoms with E-state index in [1.165, 1.54) is 0 Å². The molecule has 0 radical (unpaired) electrons. The molecule has 0 saturated carbocycles. The van der Waals surface area contributed by atoms with Crippen LogP contribution in [-0.2, 0) is 11.3 Å². The van der Waals surface area contributed by atoms with Gasteiger partial charge in [0.1, 0.15) is 0 Å². The molecule has 0 aliphatic heterocycles. The average Bonchev–Trinajstić information content (AvgIpc) is 2.90. The Morgan fingerprint density at radius 2 is 2.30 bits per heavy atom. The first-order valence-electron chi connectivity index (χ1n) is 5.80. The number of thioether (sulfide) groups is 1. The third-order valence-corrected chi connectivity index (χ3v) is 3.72. The van der Waals surface area contributed by atoms with Gasteiger partial charge in [0.05, 0.1) is 12.3 Å². The summed E-state index contributed by atoms with van der Waals surface area (Å²) in [5, 5.41) is 11.2. The van der Waals surface area contributed by atoms with Gasteiger partial charge in [-0.05, 0) is 24.6 Å². The molecule has 1 aromatic carbocycles. The number of carbonyl (C=O) groups excluding carboxylic acids is 1. The van der Waals surface area contributed by atoms with Crippen LogP contribution < -0.4 is 11.1 Å². The molecule has 1 aromatic heterocycles. The number of nitrogens with zero attached hydrogens (tertiary/aromatic N) is 2. The minimum Gasteiger partial charge on any atom is -0.415 e. The normalized spacial score (nSPS) is 10.6. The van der Waals surface area contributed by atoms with Gasteiger partial charge >= 0.3 is 0 Å². The first-order valence-corrected chi connectivity index (χ1v) is 7.16.